The molecule has 0 aliphatic rings. The normalized spacial score (nSPS) is 12.6. The standard InChI is InChI=1S/C18H28N2O3S/c1-13(2)11-15(24-20-17(22)23-18(3,4)5)16(21)19-12-14-9-7-6-8-10-14/h6-10,13,15H,11-12H2,1-5H3,(H,19,21)(H,20,22)/t15-/m0/s1. The Kier molecular flexibility index (Phi) is 8.11. The SMILES string of the molecule is CC(C)C[C@H](SNC(=O)OC(C)(C)C)C(=O)NCc1ccccc1. The highest BCUT2D eigenvalue weighted by atomic mass is 32.2. The van der Waals surface area contributed by atoms with Crippen LogP contribution in [0.5, 0.6) is 0 Å². The summed E-state index contributed by atoms with van der Waals surface area (Å²) in [4.78, 5) is 24.2. The molecule has 0 aromatic heterocycles. The van der Waals surface area contributed by atoms with Gasteiger partial charge in [0.05, 0.1) is 0 Å². The molecule has 1 aromatic rings. The third-order valence-electron chi connectivity index (χ3n) is 2.97. The van der Waals surface area contributed by atoms with Gasteiger partial charge in [-0.15, -0.1) is 0 Å². The van der Waals surface area contributed by atoms with E-state index in [0.29, 0.717) is 18.9 Å². The Morgan fingerprint density at radius 1 is 1.17 bits per heavy atom. The molecule has 0 aliphatic carbocycles. The Balaban J connectivity index is 2.54. The number of benzene rings is 1. The number of hydrogen-bond donors (Lipinski definition) is 2. The predicted molar refractivity (Wildman–Crippen MR) is 98.5 cm³/mol. The molecule has 2 amide bonds. The molecular formula is C18H28N2O3S. The van der Waals surface area contributed by atoms with Gasteiger partial charge in [-0.05, 0) is 50.6 Å². The van der Waals surface area contributed by atoms with E-state index in [-0.39, 0.29) is 11.2 Å². The average Bonchev–Trinajstić information content (AvgIpc) is 2.48. The fourth-order valence-corrected chi connectivity index (χ4v) is 2.91. The van der Waals surface area contributed by atoms with Crippen LogP contribution in [0.25, 0.3) is 0 Å². The van der Waals surface area contributed by atoms with Gasteiger partial charge in [0.1, 0.15) is 10.9 Å². The molecule has 2 N–H and O–H groups in total. The van der Waals surface area contributed by atoms with Crippen molar-refractivity contribution in [2.45, 2.75) is 58.4 Å². The van der Waals surface area contributed by atoms with E-state index in [2.05, 4.69) is 10.0 Å². The Hall–Kier alpha value is -1.69. The summed E-state index contributed by atoms with van der Waals surface area (Å²) >= 11 is 1.11. The lowest BCUT2D eigenvalue weighted by Gasteiger charge is -2.22. The molecule has 24 heavy (non-hydrogen) atoms. The Labute approximate surface area is 149 Å². The van der Waals surface area contributed by atoms with E-state index in [1.807, 2.05) is 44.2 Å². The lowest BCUT2D eigenvalue weighted by Crippen LogP contribution is -2.37. The molecule has 5 nitrogen and oxygen atoms in total. The van der Waals surface area contributed by atoms with Gasteiger partial charge in [0.2, 0.25) is 5.91 Å². The van der Waals surface area contributed by atoms with Crippen molar-refractivity contribution in [1.29, 1.82) is 0 Å². The lowest BCUT2D eigenvalue weighted by atomic mass is 10.1. The van der Waals surface area contributed by atoms with Crippen LogP contribution < -0.4 is 10.0 Å². The number of ether oxygens (including phenoxy) is 1. The van der Waals surface area contributed by atoms with Crippen molar-refractivity contribution in [3.63, 3.8) is 0 Å². The molecule has 134 valence electrons. The molecule has 0 unspecified atom stereocenters. The molecule has 6 heteroatoms. The summed E-state index contributed by atoms with van der Waals surface area (Å²) in [5, 5.41) is 2.56. The monoisotopic (exact) mass is 352 g/mol. The van der Waals surface area contributed by atoms with Crippen molar-refractivity contribution in [1.82, 2.24) is 10.0 Å². The predicted octanol–water partition coefficient (Wildman–Crippen LogP) is 3.89. The highest BCUT2D eigenvalue weighted by molar-refractivity contribution is 7.99. The van der Waals surface area contributed by atoms with Crippen molar-refractivity contribution in [2.24, 2.45) is 5.92 Å². The van der Waals surface area contributed by atoms with Crippen LogP contribution in [0.3, 0.4) is 0 Å². The van der Waals surface area contributed by atoms with Gasteiger partial charge >= 0.3 is 6.09 Å². The first-order chi connectivity index (χ1) is 11.2. The Bertz CT molecular complexity index is 527. The fourth-order valence-electron chi connectivity index (χ4n) is 1.95. The fraction of sp³-hybridized carbons (Fsp3) is 0.556. The van der Waals surface area contributed by atoms with Crippen molar-refractivity contribution >= 4 is 23.9 Å². The van der Waals surface area contributed by atoms with Gasteiger partial charge in [0, 0.05) is 6.54 Å². The van der Waals surface area contributed by atoms with E-state index in [0.717, 1.165) is 17.5 Å². The molecule has 0 saturated heterocycles. The number of rotatable bonds is 7. The molecule has 1 rings (SSSR count). The zero-order valence-corrected chi connectivity index (χ0v) is 15.9. The minimum Gasteiger partial charge on any atom is -0.443 e. The smallest absolute Gasteiger partial charge is 0.417 e. The molecule has 0 bridgehead atoms. The minimum atomic E-state index is -0.562. The van der Waals surface area contributed by atoms with Gasteiger partial charge in [-0.2, -0.15) is 0 Å². The van der Waals surface area contributed by atoms with Crippen LogP contribution in [0.2, 0.25) is 0 Å². The summed E-state index contributed by atoms with van der Waals surface area (Å²) in [5.41, 5.74) is 0.479. The summed E-state index contributed by atoms with van der Waals surface area (Å²) in [6.45, 7) is 9.97. The molecular weight excluding hydrogens is 324 g/mol. The van der Waals surface area contributed by atoms with Gasteiger partial charge in [-0.25, -0.2) is 4.79 Å². The molecule has 0 heterocycles. The largest absolute Gasteiger partial charge is 0.443 e. The second-order valence-electron chi connectivity index (χ2n) is 7.04. The first-order valence-corrected chi connectivity index (χ1v) is 9.01. The quantitative estimate of drug-likeness (QED) is 0.731. The maximum absolute atomic E-state index is 12.4. The summed E-state index contributed by atoms with van der Waals surface area (Å²) in [6, 6.07) is 9.74. The second kappa shape index (κ2) is 9.57. The van der Waals surface area contributed by atoms with Gasteiger partial charge < -0.3 is 10.1 Å². The Morgan fingerprint density at radius 3 is 2.33 bits per heavy atom. The number of carbonyl (C=O) groups excluding carboxylic acids is 2. The van der Waals surface area contributed by atoms with Crippen LogP contribution >= 0.6 is 11.9 Å². The van der Waals surface area contributed by atoms with E-state index in [4.69, 9.17) is 4.74 Å². The summed E-state index contributed by atoms with van der Waals surface area (Å²) in [7, 11) is 0. The third-order valence-corrected chi connectivity index (χ3v) is 3.95. The average molecular weight is 353 g/mol. The number of amides is 2. The highest BCUT2D eigenvalue weighted by Crippen LogP contribution is 2.18. The number of nitrogens with one attached hydrogen (secondary N) is 2. The molecule has 0 aliphatic heterocycles. The summed E-state index contributed by atoms with van der Waals surface area (Å²) < 4.78 is 7.82. The molecule has 1 aromatic carbocycles. The Morgan fingerprint density at radius 2 is 1.79 bits per heavy atom. The highest BCUT2D eigenvalue weighted by Gasteiger charge is 2.23. The number of hydrogen-bond acceptors (Lipinski definition) is 4. The van der Waals surface area contributed by atoms with Gasteiger partial charge in [0.25, 0.3) is 0 Å². The molecule has 1 atom stereocenters. The molecule has 0 spiro atoms. The van der Waals surface area contributed by atoms with Crippen molar-refractivity contribution in [3.8, 4) is 0 Å². The second-order valence-corrected chi connectivity index (χ2v) is 8.05. The lowest BCUT2D eigenvalue weighted by molar-refractivity contribution is -0.121. The van der Waals surface area contributed by atoms with Crippen LogP contribution in [0.1, 0.15) is 46.6 Å². The van der Waals surface area contributed by atoms with E-state index in [1.54, 1.807) is 20.8 Å². The van der Waals surface area contributed by atoms with Crippen LogP contribution in [-0.4, -0.2) is 22.9 Å². The van der Waals surface area contributed by atoms with Gasteiger partial charge in [0.15, 0.2) is 0 Å². The molecule has 0 radical (unpaired) electrons. The maximum Gasteiger partial charge on any atom is 0.417 e. The van der Waals surface area contributed by atoms with Crippen LogP contribution in [0.4, 0.5) is 4.79 Å². The first kappa shape index (κ1) is 20.4. The van der Waals surface area contributed by atoms with E-state index in [9.17, 15) is 9.59 Å². The topological polar surface area (TPSA) is 67.4 Å². The van der Waals surface area contributed by atoms with Crippen LogP contribution in [0.15, 0.2) is 30.3 Å². The van der Waals surface area contributed by atoms with Crippen LogP contribution in [0, 0.1) is 5.92 Å². The van der Waals surface area contributed by atoms with Gasteiger partial charge in [-0.1, -0.05) is 44.2 Å². The van der Waals surface area contributed by atoms with Gasteiger partial charge in [-0.3, -0.25) is 9.52 Å². The van der Waals surface area contributed by atoms with Crippen molar-refractivity contribution in [3.05, 3.63) is 35.9 Å². The third kappa shape index (κ3) is 8.82. The van der Waals surface area contributed by atoms with E-state index in [1.165, 1.54) is 0 Å². The van der Waals surface area contributed by atoms with Crippen molar-refractivity contribution in [2.75, 3.05) is 0 Å². The zero-order valence-electron chi connectivity index (χ0n) is 15.1. The summed E-state index contributed by atoms with van der Waals surface area (Å²) in [6.07, 6.45) is 0.137. The zero-order chi connectivity index (χ0) is 18.2. The number of carbonyl (C=O) groups is 2. The molecule has 0 saturated carbocycles. The van der Waals surface area contributed by atoms with Crippen molar-refractivity contribution < 1.29 is 14.3 Å². The summed E-state index contributed by atoms with van der Waals surface area (Å²) in [5.74, 6) is 0.249. The van der Waals surface area contributed by atoms with E-state index >= 15 is 0 Å². The minimum absolute atomic E-state index is 0.0892. The molecule has 0 fully saturated rings. The van der Waals surface area contributed by atoms with Crippen LogP contribution in [-0.2, 0) is 16.1 Å². The first-order valence-electron chi connectivity index (χ1n) is 8.13. The maximum atomic E-state index is 12.4. The van der Waals surface area contributed by atoms with E-state index < -0.39 is 11.7 Å².